The second-order valence-corrected chi connectivity index (χ2v) is 7.87. The minimum Gasteiger partial charge on any atom is -0.480 e. The van der Waals surface area contributed by atoms with E-state index in [1.54, 1.807) is 0 Å². The fraction of sp³-hybridized carbons (Fsp3) is 0.571. The summed E-state index contributed by atoms with van der Waals surface area (Å²) in [6.45, 7) is 2.12. The predicted octanol–water partition coefficient (Wildman–Crippen LogP) is 3.12. The molecule has 0 radical (unpaired) electrons. The van der Waals surface area contributed by atoms with Crippen molar-refractivity contribution in [2.45, 2.75) is 63.8 Å². The summed E-state index contributed by atoms with van der Waals surface area (Å²) < 4.78 is 0. The average Bonchev–Trinajstić information content (AvgIpc) is 2.66. The van der Waals surface area contributed by atoms with Gasteiger partial charge in [-0.2, -0.15) is 0 Å². The van der Waals surface area contributed by atoms with Crippen LogP contribution in [0.1, 0.15) is 57.4 Å². The first-order valence-corrected chi connectivity index (χ1v) is 9.86. The highest BCUT2D eigenvalue weighted by molar-refractivity contribution is 5.96. The van der Waals surface area contributed by atoms with Crippen LogP contribution in [0, 0.1) is 11.8 Å². The summed E-state index contributed by atoms with van der Waals surface area (Å²) in [5.74, 6) is -1.02. The summed E-state index contributed by atoms with van der Waals surface area (Å²) in [5.41, 5.74) is 0.757. The van der Waals surface area contributed by atoms with Crippen molar-refractivity contribution in [1.29, 1.82) is 0 Å². The molecule has 1 atom stereocenters. The van der Waals surface area contributed by atoms with E-state index in [1.807, 2.05) is 24.3 Å². The molecule has 2 aliphatic rings. The van der Waals surface area contributed by atoms with Gasteiger partial charge in [-0.05, 0) is 56.1 Å². The van der Waals surface area contributed by atoms with E-state index in [1.165, 1.54) is 0 Å². The molecule has 1 aliphatic carbocycles. The maximum atomic E-state index is 12.5. The molecule has 0 bridgehead atoms. The molecule has 1 fully saturated rings. The molecular weight excluding hydrogens is 344 g/mol. The first kappa shape index (κ1) is 19.4. The Kier molecular flexibility index (Phi) is 5.82. The Morgan fingerprint density at radius 2 is 1.96 bits per heavy atom. The van der Waals surface area contributed by atoms with Crippen LogP contribution in [0.3, 0.4) is 0 Å². The van der Waals surface area contributed by atoms with Crippen LogP contribution in [0.15, 0.2) is 24.3 Å². The van der Waals surface area contributed by atoms with Gasteiger partial charge in [0.05, 0.1) is 0 Å². The van der Waals surface area contributed by atoms with Crippen LogP contribution in [0.25, 0.3) is 0 Å². The number of carbonyl (C=O) groups excluding carboxylic acids is 2. The lowest BCUT2D eigenvalue weighted by molar-refractivity contribution is -0.149. The van der Waals surface area contributed by atoms with E-state index in [-0.39, 0.29) is 24.2 Å². The first-order chi connectivity index (χ1) is 12.9. The molecule has 0 saturated heterocycles. The Bertz CT molecular complexity index is 723. The highest BCUT2D eigenvalue weighted by Crippen LogP contribution is 2.34. The monoisotopic (exact) mass is 372 g/mol. The molecular formula is C21H28N2O4. The number of carboxylic acids is 1. The number of amides is 2. The number of hydrogen-bond donors (Lipinski definition) is 3. The lowest BCUT2D eigenvalue weighted by Crippen LogP contribution is -2.56. The number of carboxylic acid groups (broad SMARTS) is 1. The summed E-state index contributed by atoms with van der Waals surface area (Å²) in [5, 5.41) is 15.4. The smallest absolute Gasteiger partial charge is 0.329 e. The summed E-state index contributed by atoms with van der Waals surface area (Å²) in [6.07, 6.45) is 4.83. The molecule has 2 amide bonds. The van der Waals surface area contributed by atoms with Gasteiger partial charge in [-0.15, -0.1) is 0 Å². The van der Waals surface area contributed by atoms with E-state index in [9.17, 15) is 19.5 Å². The van der Waals surface area contributed by atoms with Crippen LogP contribution in [-0.4, -0.2) is 28.4 Å². The molecule has 146 valence electrons. The normalized spacial score (nSPS) is 27.4. The van der Waals surface area contributed by atoms with Crippen LogP contribution >= 0.6 is 0 Å². The molecule has 1 aromatic rings. The van der Waals surface area contributed by atoms with Crippen molar-refractivity contribution in [1.82, 2.24) is 5.32 Å². The average molecular weight is 372 g/mol. The second kappa shape index (κ2) is 8.11. The quantitative estimate of drug-likeness (QED) is 0.715. The van der Waals surface area contributed by atoms with Gasteiger partial charge in [-0.3, -0.25) is 9.59 Å². The number of carbonyl (C=O) groups is 3. The van der Waals surface area contributed by atoms with E-state index in [2.05, 4.69) is 17.6 Å². The highest BCUT2D eigenvalue weighted by Gasteiger charge is 2.43. The first-order valence-electron chi connectivity index (χ1n) is 9.86. The number of aliphatic carboxylic acids is 1. The third-order valence-corrected chi connectivity index (χ3v) is 6.16. The molecule has 1 aromatic carbocycles. The van der Waals surface area contributed by atoms with E-state index in [0.717, 1.165) is 30.5 Å². The summed E-state index contributed by atoms with van der Waals surface area (Å²) in [6, 6.07) is 7.67. The van der Waals surface area contributed by atoms with E-state index in [0.29, 0.717) is 31.6 Å². The van der Waals surface area contributed by atoms with Crippen molar-refractivity contribution in [2.24, 2.45) is 11.8 Å². The number of fused-ring (bicyclic) bond motifs is 1. The van der Waals surface area contributed by atoms with Crippen molar-refractivity contribution < 1.29 is 19.5 Å². The number of benzene rings is 1. The van der Waals surface area contributed by atoms with Gasteiger partial charge in [0.15, 0.2) is 0 Å². The van der Waals surface area contributed by atoms with E-state index in [4.69, 9.17) is 0 Å². The van der Waals surface area contributed by atoms with Crippen molar-refractivity contribution >= 4 is 23.5 Å². The lowest BCUT2D eigenvalue weighted by Gasteiger charge is -2.37. The maximum Gasteiger partial charge on any atom is 0.329 e. The van der Waals surface area contributed by atoms with Crippen LogP contribution in [0.2, 0.25) is 0 Å². The molecule has 3 rings (SSSR count). The zero-order chi connectivity index (χ0) is 19.4. The maximum absolute atomic E-state index is 12.5. The topological polar surface area (TPSA) is 95.5 Å². The van der Waals surface area contributed by atoms with Gasteiger partial charge in [0.1, 0.15) is 5.54 Å². The second-order valence-electron chi connectivity index (χ2n) is 7.87. The van der Waals surface area contributed by atoms with Gasteiger partial charge in [0.25, 0.3) is 0 Å². The SMILES string of the molecule is CCC1CCC(NC(=O)CCC2Cc3ccccc3NC2=O)(C(=O)O)CC1. The fourth-order valence-electron chi connectivity index (χ4n) is 4.25. The molecule has 0 spiro atoms. The third-order valence-electron chi connectivity index (χ3n) is 6.16. The Morgan fingerprint density at radius 3 is 2.63 bits per heavy atom. The Morgan fingerprint density at radius 1 is 1.26 bits per heavy atom. The van der Waals surface area contributed by atoms with Gasteiger partial charge >= 0.3 is 5.97 Å². The standard InChI is InChI=1S/C21H28N2O4/c1-2-14-9-11-21(12-10-14,20(26)27)23-18(24)8-7-16-13-15-5-3-4-6-17(15)22-19(16)25/h3-6,14,16H,2,7-13H2,1H3,(H,22,25)(H,23,24)(H,26,27). The Labute approximate surface area is 159 Å². The molecule has 27 heavy (non-hydrogen) atoms. The molecule has 1 unspecified atom stereocenters. The predicted molar refractivity (Wildman–Crippen MR) is 102 cm³/mol. The Hall–Kier alpha value is -2.37. The summed E-state index contributed by atoms with van der Waals surface area (Å²) in [4.78, 5) is 36.5. The molecule has 1 saturated carbocycles. The minimum atomic E-state index is -1.15. The minimum absolute atomic E-state index is 0.0714. The lowest BCUT2D eigenvalue weighted by atomic mass is 9.75. The molecule has 6 heteroatoms. The van der Waals surface area contributed by atoms with Crippen molar-refractivity contribution in [3.8, 4) is 0 Å². The molecule has 6 nitrogen and oxygen atoms in total. The summed E-state index contributed by atoms with van der Waals surface area (Å²) >= 11 is 0. The zero-order valence-electron chi connectivity index (χ0n) is 15.8. The number of rotatable bonds is 6. The number of nitrogens with one attached hydrogen (secondary N) is 2. The number of para-hydroxylation sites is 1. The van der Waals surface area contributed by atoms with Crippen molar-refractivity contribution in [2.75, 3.05) is 5.32 Å². The zero-order valence-corrected chi connectivity index (χ0v) is 15.8. The van der Waals surface area contributed by atoms with Crippen LogP contribution in [-0.2, 0) is 20.8 Å². The fourth-order valence-corrected chi connectivity index (χ4v) is 4.25. The highest BCUT2D eigenvalue weighted by atomic mass is 16.4. The van der Waals surface area contributed by atoms with Gasteiger partial charge in [-0.1, -0.05) is 31.5 Å². The molecule has 3 N–H and O–H groups in total. The third kappa shape index (κ3) is 4.31. The van der Waals surface area contributed by atoms with Gasteiger partial charge < -0.3 is 15.7 Å². The number of hydrogen-bond acceptors (Lipinski definition) is 3. The Balaban J connectivity index is 1.56. The van der Waals surface area contributed by atoms with Gasteiger partial charge in [-0.25, -0.2) is 4.79 Å². The summed E-state index contributed by atoms with van der Waals surface area (Å²) in [7, 11) is 0. The van der Waals surface area contributed by atoms with Crippen LogP contribution < -0.4 is 10.6 Å². The van der Waals surface area contributed by atoms with Crippen molar-refractivity contribution in [3.63, 3.8) is 0 Å². The van der Waals surface area contributed by atoms with E-state index < -0.39 is 11.5 Å². The van der Waals surface area contributed by atoms with Crippen molar-refractivity contribution in [3.05, 3.63) is 29.8 Å². The number of anilines is 1. The van der Waals surface area contributed by atoms with Crippen LogP contribution in [0.4, 0.5) is 5.69 Å². The molecule has 0 aromatic heterocycles. The van der Waals surface area contributed by atoms with Gasteiger partial charge in [0, 0.05) is 18.0 Å². The molecule has 1 aliphatic heterocycles. The largest absolute Gasteiger partial charge is 0.480 e. The van der Waals surface area contributed by atoms with Crippen LogP contribution in [0.5, 0.6) is 0 Å². The molecule has 1 heterocycles. The van der Waals surface area contributed by atoms with E-state index >= 15 is 0 Å². The van der Waals surface area contributed by atoms with Gasteiger partial charge in [0.2, 0.25) is 11.8 Å².